The van der Waals surface area contributed by atoms with E-state index in [1.54, 1.807) is 24.3 Å². The largest absolute Gasteiger partial charge is 0.504 e. The van der Waals surface area contributed by atoms with Crippen LogP contribution in [0.3, 0.4) is 0 Å². The quantitative estimate of drug-likeness (QED) is 0.548. The van der Waals surface area contributed by atoms with E-state index in [9.17, 15) is 14.7 Å². The van der Waals surface area contributed by atoms with E-state index in [4.69, 9.17) is 32.7 Å². The van der Waals surface area contributed by atoms with Crippen molar-refractivity contribution in [3.05, 3.63) is 58.1 Å². The van der Waals surface area contributed by atoms with Gasteiger partial charge in [-0.15, -0.1) is 0 Å². The average molecular weight is 410 g/mol. The lowest BCUT2D eigenvalue weighted by Crippen LogP contribution is -2.29. The van der Waals surface area contributed by atoms with Crippen molar-refractivity contribution in [2.24, 2.45) is 0 Å². The Balaban J connectivity index is 1.95. The third kappa shape index (κ3) is 5.91. The third-order valence-corrected chi connectivity index (χ3v) is 4.01. The summed E-state index contributed by atoms with van der Waals surface area (Å²) >= 11 is 11.8. The molecular formula is C19H17Cl2NO5. The van der Waals surface area contributed by atoms with E-state index in [0.717, 1.165) is 0 Å². The zero-order valence-corrected chi connectivity index (χ0v) is 16.0. The number of phenols is 1. The number of benzene rings is 2. The topological polar surface area (TPSA) is 84.9 Å². The Morgan fingerprint density at radius 1 is 1.19 bits per heavy atom. The molecule has 0 aliphatic rings. The van der Waals surface area contributed by atoms with Gasteiger partial charge in [-0.25, -0.2) is 4.79 Å². The van der Waals surface area contributed by atoms with Crippen molar-refractivity contribution in [1.29, 1.82) is 0 Å². The Bertz CT molecular complexity index is 882. The first-order chi connectivity index (χ1) is 12.8. The highest BCUT2D eigenvalue weighted by molar-refractivity contribution is 6.36. The van der Waals surface area contributed by atoms with Gasteiger partial charge in [0.15, 0.2) is 17.6 Å². The van der Waals surface area contributed by atoms with Gasteiger partial charge in [-0.05, 0) is 48.9 Å². The summed E-state index contributed by atoms with van der Waals surface area (Å²) in [6, 6.07) is 9.21. The highest BCUT2D eigenvalue weighted by Crippen LogP contribution is 2.27. The van der Waals surface area contributed by atoms with Gasteiger partial charge in [0.2, 0.25) is 0 Å². The van der Waals surface area contributed by atoms with Crippen LogP contribution in [0.15, 0.2) is 42.5 Å². The second-order valence-electron chi connectivity index (χ2n) is 5.46. The van der Waals surface area contributed by atoms with Gasteiger partial charge in [-0.2, -0.15) is 0 Å². The van der Waals surface area contributed by atoms with Crippen LogP contribution < -0.4 is 10.1 Å². The zero-order chi connectivity index (χ0) is 20.0. The van der Waals surface area contributed by atoms with Gasteiger partial charge in [-0.1, -0.05) is 29.3 Å². The molecule has 142 valence electrons. The number of anilines is 1. The van der Waals surface area contributed by atoms with Gasteiger partial charge in [0.05, 0.1) is 17.8 Å². The van der Waals surface area contributed by atoms with Crippen LogP contribution in [0.5, 0.6) is 11.5 Å². The fourth-order valence-electron chi connectivity index (χ4n) is 2.05. The van der Waals surface area contributed by atoms with E-state index in [2.05, 4.69) is 5.32 Å². The van der Waals surface area contributed by atoms with Crippen LogP contribution in [0.25, 0.3) is 6.08 Å². The van der Waals surface area contributed by atoms with Gasteiger partial charge in [0, 0.05) is 11.1 Å². The van der Waals surface area contributed by atoms with Crippen LogP contribution in [-0.4, -0.2) is 30.2 Å². The molecule has 27 heavy (non-hydrogen) atoms. The molecule has 0 heterocycles. The molecule has 0 aliphatic heterocycles. The summed E-state index contributed by atoms with van der Waals surface area (Å²) < 4.78 is 10.1. The van der Waals surface area contributed by atoms with Crippen LogP contribution >= 0.6 is 23.2 Å². The normalized spacial score (nSPS) is 11.9. The van der Waals surface area contributed by atoms with Crippen molar-refractivity contribution < 1.29 is 24.2 Å². The molecule has 2 N–H and O–H groups in total. The molecule has 0 spiro atoms. The number of halogens is 2. The Labute approximate surface area is 166 Å². The van der Waals surface area contributed by atoms with E-state index in [-0.39, 0.29) is 16.5 Å². The number of methoxy groups -OCH3 is 1. The van der Waals surface area contributed by atoms with Crippen molar-refractivity contribution in [1.82, 2.24) is 0 Å². The molecule has 0 aromatic heterocycles. The molecule has 0 saturated heterocycles. The fraction of sp³-hybridized carbons (Fsp3) is 0.158. The summed E-state index contributed by atoms with van der Waals surface area (Å²) in [6.45, 7) is 1.44. The Kier molecular flexibility index (Phi) is 7.10. The van der Waals surface area contributed by atoms with Crippen LogP contribution in [-0.2, 0) is 14.3 Å². The number of amides is 1. The number of aromatic hydroxyl groups is 1. The van der Waals surface area contributed by atoms with E-state index in [1.165, 1.54) is 38.3 Å². The molecule has 0 fully saturated rings. The summed E-state index contributed by atoms with van der Waals surface area (Å²) in [5.74, 6) is -0.972. The lowest BCUT2D eigenvalue weighted by molar-refractivity contribution is -0.148. The Morgan fingerprint density at radius 2 is 1.93 bits per heavy atom. The number of esters is 1. The van der Waals surface area contributed by atoms with E-state index in [0.29, 0.717) is 16.3 Å². The smallest absolute Gasteiger partial charge is 0.331 e. The van der Waals surface area contributed by atoms with Crippen LogP contribution in [0, 0.1) is 0 Å². The summed E-state index contributed by atoms with van der Waals surface area (Å²) in [5.41, 5.74) is 0.979. The molecule has 1 atom stereocenters. The molecule has 1 amide bonds. The maximum absolute atomic E-state index is 12.1. The monoisotopic (exact) mass is 409 g/mol. The van der Waals surface area contributed by atoms with Crippen LogP contribution in [0.4, 0.5) is 5.69 Å². The first-order valence-electron chi connectivity index (χ1n) is 7.81. The van der Waals surface area contributed by atoms with Gasteiger partial charge in [0.1, 0.15) is 0 Å². The molecule has 2 aromatic rings. The number of ether oxygens (including phenoxy) is 2. The predicted molar refractivity (Wildman–Crippen MR) is 104 cm³/mol. The molecule has 0 bridgehead atoms. The highest BCUT2D eigenvalue weighted by atomic mass is 35.5. The molecule has 8 heteroatoms. The standard InChI is InChI=1S/C19H17Cl2NO5/c1-11(19(25)22-15-6-5-13(20)10-14(15)21)27-18(24)8-4-12-3-7-16(23)17(9-12)26-2/h3-11,23H,1-2H3,(H,22,25)/b8-4+/t11-/m0/s1. The predicted octanol–water partition coefficient (Wildman–Crippen LogP) is 4.29. The molecule has 2 aromatic carbocycles. The molecule has 0 radical (unpaired) electrons. The van der Waals surface area contributed by atoms with Crippen molar-refractivity contribution in [2.45, 2.75) is 13.0 Å². The SMILES string of the molecule is COc1cc(/C=C/C(=O)O[C@@H](C)C(=O)Nc2ccc(Cl)cc2Cl)ccc1O. The first-order valence-corrected chi connectivity index (χ1v) is 8.57. The van der Waals surface area contributed by atoms with Crippen molar-refractivity contribution in [3.63, 3.8) is 0 Å². The average Bonchev–Trinajstić information content (AvgIpc) is 2.63. The minimum absolute atomic E-state index is 0.0108. The maximum Gasteiger partial charge on any atom is 0.331 e. The molecule has 0 saturated carbocycles. The second-order valence-corrected chi connectivity index (χ2v) is 6.30. The summed E-state index contributed by atoms with van der Waals surface area (Å²) in [4.78, 5) is 24.0. The first kappa shape index (κ1) is 20.6. The lowest BCUT2D eigenvalue weighted by Gasteiger charge is -2.13. The Hall–Kier alpha value is -2.70. The Morgan fingerprint density at radius 3 is 2.59 bits per heavy atom. The third-order valence-electron chi connectivity index (χ3n) is 3.47. The highest BCUT2D eigenvalue weighted by Gasteiger charge is 2.17. The van der Waals surface area contributed by atoms with Crippen LogP contribution in [0.1, 0.15) is 12.5 Å². The van der Waals surface area contributed by atoms with Gasteiger partial charge in [-0.3, -0.25) is 4.79 Å². The molecular weight excluding hydrogens is 393 g/mol. The van der Waals surface area contributed by atoms with E-state index < -0.39 is 18.0 Å². The zero-order valence-electron chi connectivity index (χ0n) is 14.5. The number of hydrogen-bond acceptors (Lipinski definition) is 5. The number of carbonyl (C=O) groups excluding carboxylic acids is 2. The number of carbonyl (C=O) groups is 2. The molecule has 0 unspecified atom stereocenters. The van der Waals surface area contributed by atoms with Crippen LogP contribution in [0.2, 0.25) is 10.0 Å². The number of nitrogens with one attached hydrogen (secondary N) is 1. The minimum Gasteiger partial charge on any atom is -0.504 e. The van der Waals surface area contributed by atoms with Gasteiger partial charge < -0.3 is 19.9 Å². The number of phenolic OH excluding ortho intramolecular Hbond substituents is 1. The minimum atomic E-state index is -1.04. The van der Waals surface area contributed by atoms with Gasteiger partial charge in [0.25, 0.3) is 5.91 Å². The second kappa shape index (κ2) is 9.30. The van der Waals surface area contributed by atoms with E-state index >= 15 is 0 Å². The molecule has 0 aliphatic carbocycles. The van der Waals surface area contributed by atoms with E-state index in [1.807, 2.05) is 0 Å². The summed E-state index contributed by atoms with van der Waals surface area (Å²) in [6.07, 6.45) is 1.61. The van der Waals surface area contributed by atoms with Crippen molar-refractivity contribution in [2.75, 3.05) is 12.4 Å². The van der Waals surface area contributed by atoms with Crippen molar-refractivity contribution >= 4 is 46.8 Å². The number of hydrogen-bond donors (Lipinski definition) is 2. The van der Waals surface area contributed by atoms with Gasteiger partial charge >= 0.3 is 5.97 Å². The molecule has 6 nitrogen and oxygen atoms in total. The summed E-state index contributed by atoms with van der Waals surface area (Å²) in [5, 5.41) is 12.8. The number of rotatable bonds is 6. The summed E-state index contributed by atoms with van der Waals surface area (Å²) in [7, 11) is 1.42. The maximum atomic E-state index is 12.1. The molecule has 2 rings (SSSR count). The van der Waals surface area contributed by atoms with Crippen molar-refractivity contribution in [3.8, 4) is 11.5 Å². The lowest BCUT2D eigenvalue weighted by atomic mass is 10.2. The fourth-order valence-corrected chi connectivity index (χ4v) is 2.51.